The molecule has 1 heterocycles. The average molecular weight is 258 g/mol. The quantitative estimate of drug-likeness (QED) is 0.897. The molecule has 0 aliphatic heterocycles. The largest absolute Gasteiger partial charge is 0.481 e. The minimum atomic E-state index is -0.778. The van der Waals surface area contributed by atoms with Gasteiger partial charge in [0.1, 0.15) is 0 Å². The molecule has 0 amide bonds. The van der Waals surface area contributed by atoms with Gasteiger partial charge in [0.2, 0.25) is 0 Å². The van der Waals surface area contributed by atoms with Crippen molar-refractivity contribution in [2.45, 2.75) is 33.1 Å². The summed E-state index contributed by atoms with van der Waals surface area (Å²) in [7, 11) is 0. The van der Waals surface area contributed by atoms with Gasteiger partial charge in [-0.3, -0.25) is 4.79 Å². The van der Waals surface area contributed by atoms with Crippen LogP contribution in [0.3, 0.4) is 0 Å². The molecule has 0 aliphatic rings. The first-order valence-electron chi connectivity index (χ1n) is 6.46. The van der Waals surface area contributed by atoms with E-state index in [0.717, 1.165) is 23.4 Å². The lowest BCUT2D eigenvalue weighted by atomic mass is 10.1. The van der Waals surface area contributed by atoms with Crippen LogP contribution in [0.25, 0.3) is 5.69 Å². The molecule has 0 radical (unpaired) electrons. The third-order valence-electron chi connectivity index (χ3n) is 3.22. The van der Waals surface area contributed by atoms with Crippen molar-refractivity contribution in [3.8, 4) is 5.69 Å². The molecule has 0 saturated carbocycles. The molecule has 2 rings (SSSR count). The van der Waals surface area contributed by atoms with E-state index in [1.807, 2.05) is 29.9 Å². The zero-order chi connectivity index (χ0) is 13.8. The van der Waals surface area contributed by atoms with Crippen LogP contribution in [0.4, 0.5) is 0 Å². The predicted octanol–water partition coefficient (Wildman–Crippen LogP) is 2.76. The lowest BCUT2D eigenvalue weighted by molar-refractivity contribution is -0.136. The fourth-order valence-electron chi connectivity index (χ4n) is 2.00. The van der Waals surface area contributed by atoms with E-state index in [9.17, 15) is 4.79 Å². The van der Waals surface area contributed by atoms with Crippen LogP contribution >= 0.6 is 0 Å². The van der Waals surface area contributed by atoms with Crippen LogP contribution in [0.2, 0.25) is 0 Å². The third kappa shape index (κ3) is 3.22. The lowest BCUT2D eigenvalue weighted by Gasteiger charge is -2.02. The summed E-state index contributed by atoms with van der Waals surface area (Å²) >= 11 is 0. The standard InChI is InChI=1S/C15H18N2O2/c1-3-12-4-7-14(8-5-12)17-10-13(11(2)16-17)6-9-15(18)19/h4-5,7-8,10H,3,6,9H2,1-2H3,(H,18,19). The Balaban J connectivity index is 2.20. The number of hydrogen-bond acceptors (Lipinski definition) is 2. The van der Waals surface area contributed by atoms with Gasteiger partial charge in [0.05, 0.1) is 11.4 Å². The molecule has 1 aromatic carbocycles. The summed E-state index contributed by atoms with van der Waals surface area (Å²) in [6, 6.07) is 8.24. The summed E-state index contributed by atoms with van der Waals surface area (Å²) in [4.78, 5) is 10.6. The van der Waals surface area contributed by atoms with Gasteiger partial charge < -0.3 is 5.11 Å². The number of carboxylic acid groups (broad SMARTS) is 1. The molecule has 0 spiro atoms. The Morgan fingerprint density at radius 3 is 2.58 bits per heavy atom. The van der Waals surface area contributed by atoms with Gasteiger partial charge in [-0.15, -0.1) is 0 Å². The SMILES string of the molecule is CCc1ccc(-n2cc(CCC(=O)O)c(C)n2)cc1. The van der Waals surface area contributed by atoms with Crippen molar-refractivity contribution in [2.24, 2.45) is 0 Å². The number of nitrogens with zero attached hydrogens (tertiary/aromatic N) is 2. The molecule has 4 heteroatoms. The summed E-state index contributed by atoms with van der Waals surface area (Å²) in [5.41, 5.74) is 4.17. The number of hydrogen-bond donors (Lipinski definition) is 1. The fourth-order valence-corrected chi connectivity index (χ4v) is 2.00. The summed E-state index contributed by atoms with van der Waals surface area (Å²) in [5, 5.41) is 13.2. The van der Waals surface area contributed by atoms with E-state index in [0.29, 0.717) is 6.42 Å². The number of aliphatic carboxylic acids is 1. The van der Waals surface area contributed by atoms with Gasteiger partial charge in [0, 0.05) is 12.6 Å². The molecule has 19 heavy (non-hydrogen) atoms. The van der Waals surface area contributed by atoms with Crippen molar-refractivity contribution >= 4 is 5.97 Å². The Hall–Kier alpha value is -2.10. The summed E-state index contributed by atoms with van der Waals surface area (Å²) in [6.07, 6.45) is 3.59. The number of aryl methyl sites for hydroxylation is 3. The maximum atomic E-state index is 10.6. The minimum absolute atomic E-state index is 0.140. The lowest BCUT2D eigenvalue weighted by Crippen LogP contribution is -1.97. The highest BCUT2D eigenvalue weighted by molar-refractivity contribution is 5.67. The molecule has 1 N–H and O–H groups in total. The zero-order valence-electron chi connectivity index (χ0n) is 11.3. The van der Waals surface area contributed by atoms with Gasteiger partial charge >= 0.3 is 5.97 Å². The normalized spacial score (nSPS) is 10.6. The second-order valence-corrected chi connectivity index (χ2v) is 4.60. The van der Waals surface area contributed by atoms with Crippen molar-refractivity contribution in [3.63, 3.8) is 0 Å². The van der Waals surface area contributed by atoms with E-state index < -0.39 is 5.97 Å². The van der Waals surface area contributed by atoms with E-state index in [1.54, 1.807) is 0 Å². The van der Waals surface area contributed by atoms with Crippen LogP contribution in [0, 0.1) is 6.92 Å². The topological polar surface area (TPSA) is 55.1 Å². The molecule has 0 aliphatic carbocycles. The number of aromatic nitrogens is 2. The van der Waals surface area contributed by atoms with E-state index in [4.69, 9.17) is 5.11 Å². The molecular weight excluding hydrogens is 240 g/mol. The minimum Gasteiger partial charge on any atom is -0.481 e. The van der Waals surface area contributed by atoms with Crippen molar-refractivity contribution in [3.05, 3.63) is 47.3 Å². The van der Waals surface area contributed by atoms with E-state index in [1.165, 1.54) is 5.56 Å². The van der Waals surface area contributed by atoms with Crippen molar-refractivity contribution in [1.29, 1.82) is 0 Å². The van der Waals surface area contributed by atoms with Gasteiger partial charge in [-0.1, -0.05) is 19.1 Å². The number of rotatable bonds is 5. The molecular formula is C15H18N2O2. The maximum Gasteiger partial charge on any atom is 0.303 e. The molecule has 0 unspecified atom stereocenters. The Labute approximate surface area is 112 Å². The molecule has 4 nitrogen and oxygen atoms in total. The van der Waals surface area contributed by atoms with Gasteiger partial charge in [0.15, 0.2) is 0 Å². The van der Waals surface area contributed by atoms with Gasteiger partial charge in [-0.25, -0.2) is 4.68 Å². The Morgan fingerprint density at radius 1 is 1.32 bits per heavy atom. The molecule has 0 bridgehead atoms. The second-order valence-electron chi connectivity index (χ2n) is 4.60. The monoisotopic (exact) mass is 258 g/mol. The first-order valence-corrected chi connectivity index (χ1v) is 6.46. The van der Waals surface area contributed by atoms with Crippen LogP contribution in [0.15, 0.2) is 30.5 Å². The Kier molecular flexibility index (Phi) is 4.00. The van der Waals surface area contributed by atoms with Crippen molar-refractivity contribution in [1.82, 2.24) is 9.78 Å². The van der Waals surface area contributed by atoms with Crippen LogP contribution in [0.1, 0.15) is 30.2 Å². The van der Waals surface area contributed by atoms with Gasteiger partial charge in [-0.2, -0.15) is 5.10 Å². The number of benzene rings is 1. The number of carbonyl (C=O) groups is 1. The third-order valence-corrected chi connectivity index (χ3v) is 3.22. The molecule has 2 aromatic rings. The van der Waals surface area contributed by atoms with Crippen LogP contribution in [0.5, 0.6) is 0 Å². The zero-order valence-corrected chi connectivity index (χ0v) is 11.3. The predicted molar refractivity (Wildman–Crippen MR) is 73.6 cm³/mol. The van der Waals surface area contributed by atoms with E-state index in [-0.39, 0.29) is 6.42 Å². The van der Waals surface area contributed by atoms with Crippen molar-refractivity contribution < 1.29 is 9.90 Å². The highest BCUT2D eigenvalue weighted by Gasteiger charge is 2.08. The van der Waals surface area contributed by atoms with Crippen LogP contribution < -0.4 is 0 Å². The number of carboxylic acids is 1. The van der Waals surface area contributed by atoms with Gasteiger partial charge in [0.25, 0.3) is 0 Å². The summed E-state index contributed by atoms with van der Waals surface area (Å²) < 4.78 is 1.81. The van der Waals surface area contributed by atoms with Crippen molar-refractivity contribution in [2.75, 3.05) is 0 Å². The van der Waals surface area contributed by atoms with Crippen LogP contribution in [-0.2, 0) is 17.6 Å². The molecule has 1 aromatic heterocycles. The van der Waals surface area contributed by atoms with E-state index >= 15 is 0 Å². The fraction of sp³-hybridized carbons (Fsp3) is 0.333. The summed E-state index contributed by atoms with van der Waals surface area (Å²) in [5.74, 6) is -0.778. The molecule has 0 fully saturated rings. The Morgan fingerprint density at radius 2 is 2.00 bits per heavy atom. The molecule has 100 valence electrons. The Bertz CT molecular complexity index is 570. The second kappa shape index (κ2) is 5.69. The highest BCUT2D eigenvalue weighted by atomic mass is 16.4. The van der Waals surface area contributed by atoms with E-state index in [2.05, 4.69) is 24.2 Å². The summed E-state index contributed by atoms with van der Waals surface area (Å²) in [6.45, 7) is 4.03. The average Bonchev–Trinajstić information content (AvgIpc) is 2.78. The maximum absolute atomic E-state index is 10.6. The highest BCUT2D eigenvalue weighted by Crippen LogP contribution is 2.14. The molecule has 0 saturated heterocycles. The van der Waals surface area contributed by atoms with Crippen LogP contribution in [-0.4, -0.2) is 20.9 Å². The first-order chi connectivity index (χ1) is 9.10. The first kappa shape index (κ1) is 13.3. The van der Waals surface area contributed by atoms with Gasteiger partial charge in [-0.05, 0) is 43.0 Å². The molecule has 0 atom stereocenters. The smallest absolute Gasteiger partial charge is 0.303 e.